The number of hydrogen-bond donors (Lipinski definition) is 5. The number of rotatable bonds is 8. The average molecular weight is 501 g/mol. The van der Waals surface area contributed by atoms with Crippen molar-refractivity contribution in [3.63, 3.8) is 0 Å². The number of aromatic amines is 1. The maximum atomic E-state index is 13.9. The fourth-order valence-electron chi connectivity index (χ4n) is 4.97. The van der Waals surface area contributed by atoms with E-state index in [1.165, 1.54) is 6.08 Å². The second-order valence-corrected chi connectivity index (χ2v) is 9.67. The maximum Gasteiger partial charge on any atom is 0.256 e. The Morgan fingerprint density at radius 2 is 1.97 bits per heavy atom. The van der Waals surface area contributed by atoms with E-state index < -0.39 is 24.3 Å². The molecule has 1 aliphatic carbocycles. The highest BCUT2D eigenvalue weighted by atomic mass is 19.1. The Kier molecular flexibility index (Phi) is 7.75. The normalized spacial score (nSPS) is 22.1. The van der Waals surface area contributed by atoms with Crippen molar-refractivity contribution < 1.29 is 29.0 Å². The van der Waals surface area contributed by atoms with Crippen molar-refractivity contribution in [3.8, 4) is 0 Å². The highest BCUT2D eigenvalue weighted by molar-refractivity contribution is 6.09. The predicted molar refractivity (Wildman–Crippen MR) is 131 cm³/mol. The molecule has 2 saturated heterocycles. The van der Waals surface area contributed by atoms with Gasteiger partial charge in [0.2, 0.25) is 5.91 Å². The van der Waals surface area contributed by atoms with Crippen LogP contribution in [0.5, 0.6) is 0 Å². The zero-order valence-electron chi connectivity index (χ0n) is 20.6. The molecule has 3 aliphatic rings. The number of nitrogens with zero attached hydrogens (tertiary/aromatic N) is 1. The van der Waals surface area contributed by atoms with Gasteiger partial charge < -0.3 is 30.7 Å². The Labute approximate surface area is 209 Å². The van der Waals surface area contributed by atoms with Gasteiger partial charge in [-0.15, -0.1) is 0 Å². The van der Waals surface area contributed by atoms with Crippen LogP contribution in [0.1, 0.15) is 59.4 Å². The lowest BCUT2D eigenvalue weighted by atomic mass is 9.97. The number of aliphatic hydroxyl groups is 2. The van der Waals surface area contributed by atoms with Crippen LogP contribution in [0.25, 0.3) is 6.08 Å². The highest BCUT2D eigenvalue weighted by Crippen LogP contribution is 2.33. The number of aliphatic hydroxyl groups excluding tert-OH is 2. The third-order valence-corrected chi connectivity index (χ3v) is 6.87. The summed E-state index contributed by atoms with van der Waals surface area (Å²) in [6.07, 6.45) is 3.60. The molecule has 1 unspecified atom stereocenters. The molecule has 3 heterocycles. The number of carbonyl (C=O) groups excluding carboxylic acids is 3. The first kappa shape index (κ1) is 25.8. The summed E-state index contributed by atoms with van der Waals surface area (Å²) >= 11 is 0. The lowest BCUT2D eigenvalue weighted by Crippen LogP contribution is -2.36. The first-order valence-corrected chi connectivity index (χ1v) is 12.3. The lowest BCUT2D eigenvalue weighted by molar-refractivity contribution is -0.132. The van der Waals surface area contributed by atoms with Gasteiger partial charge in [0, 0.05) is 55.1 Å². The summed E-state index contributed by atoms with van der Waals surface area (Å²) in [5.41, 5.74) is 3.57. The van der Waals surface area contributed by atoms with Crippen LogP contribution in [-0.4, -0.2) is 75.8 Å². The minimum absolute atomic E-state index is 0.0298. The molecule has 2 fully saturated rings. The molecule has 9 nitrogen and oxygen atoms in total. The molecule has 10 heteroatoms. The van der Waals surface area contributed by atoms with Crippen molar-refractivity contribution in [3.05, 3.63) is 51.5 Å². The Morgan fingerprint density at radius 1 is 1.25 bits per heavy atom. The molecule has 1 aromatic heterocycles. The number of fused-ring (bicyclic) bond motifs is 1. The Bertz CT molecular complexity index is 1150. The zero-order chi connectivity index (χ0) is 26.0. The van der Waals surface area contributed by atoms with E-state index in [4.69, 9.17) is 0 Å². The number of H-pyrrole nitrogens is 1. The van der Waals surface area contributed by atoms with Crippen molar-refractivity contribution in [1.82, 2.24) is 20.5 Å². The van der Waals surface area contributed by atoms with Gasteiger partial charge in [0.25, 0.3) is 11.8 Å². The van der Waals surface area contributed by atoms with Crippen molar-refractivity contribution in [2.24, 2.45) is 0 Å². The zero-order valence-corrected chi connectivity index (χ0v) is 20.6. The molecule has 4 rings (SSSR count). The summed E-state index contributed by atoms with van der Waals surface area (Å²) in [4.78, 5) is 42.3. The van der Waals surface area contributed by atoms with Gasteiger partial charge in [-0.3, -0.25) is 14.4 Å². The Hall–Kier alpha value is -3.24. The van der Waals surface area contributed by atoms with Crippen LogP contribution >= 0.6 is 0 Å². The summed E-state index contributed by atoms with van der Waals surface area (Å²) in [5.74, 6) is -0.866. The predicted octanol–water partition coefficient (Wildman–Crippen LogP) is 1.55. The van der Waals surface area contributed by atoms with Crippen LogP contribution in [-0.2, 0) is 9.59 Å². The summed E-state index contributed by atoms with van der Waals surface area (Å²) in [7, 11) is 0. The highest BCUT2D eigenvalue weighted by Gasteiger charge is 2.31. The van der Waals surface area contributed by atoms with Crippen LogP contribution in [0.15, 0.2) is 29.0 Å². The number of carbonyl (C=O) groups is 3. The molecule has 0 aromatic carbocycles. The number of amides is 3. The molecule has 0 spiro atoms. The first-order chi connectivity index (χ1) is 17.1. The molecular formula is C26H33FN4O5. The van der Waals surface area contributed by atoms with Crippen molar-refractivity contribution in [1.29, 1.82) is 0 Å². The summed E-state index contributed by atoms with van der Waals surface area (Å²) in [5, 5.41) is 25.9. The van der Waals surface area contributed by atoms with E-state index in [9.17, 15) is 29.0 Å². The van der Waals surface area contributed by atoms with Crippen LogP contribution < -0.4 is 10.6 Å². The fraction of sp³-hybridized carbons (Fsp3) is 0.500. The van der Waals surface area contributed by atoms with Gasteiger partial charge in [-0.25, -0.2) is 4.39 Å². The summed E-state index contributed by atoms with van der Waals surface area (Å²) < 4.78 is 13.9. The second kappa shape index (κ2) is 10.8. The molecule has 0 bridgehead atoms. The van der Waals surface area contributed by atoms with E-state index in [0.29, 0.717) is 52.4 Å². The molecule has 5 N–H and O–H groups in total. The molecule has 3 amide bonds. The van der Waals surface area contributed by atoms with Gasteiger partial charge in [0.05, 0.1) is 29.8 Å². The molecule has 1 aromatic rings. The van der Waals surface area contributed by atoms with Gasteiger partial charge in [0.15, 0.2) is 0 Å². The maximum absolute atomic E-state index is 13.9. The SMILES string of the molecule is Cc1[nH]c(/C=C2\C(=O)NC3=CCC(F)C=C32)c(C)c1C(=O)NC[C@@H](O)C[C@@H](O)CC(=O)N1CCCC1. The molecule has 3 atom stereocenters. The molecular weight excluding hydrogens is 467 g/mol. The van der Waals surface area contributed by atoms with Crippen molar-refractivity contribution in [2.45, 2.75) is 64.3 Å². The van der Waals surface area contributed by atoms with E-state index in [1.807, 2.05) is 0 Å². The largest absolute Gasteiger partial charge is 0.392 e. The average Bonchev–Trinajstić information content (AvgIpc) is 3.52. The summed E-state index contributed by atoms with van der Waals surface area (Å²) in [6, 6.07) is 0. The third-order valence-electron chi connectivity index (χ3n) is 6.87. The fourth-order valence-corrected chi connectivity index (χ4v) is 4.97. The van der Waals surface area contributed by atoms with Crippen LogP contribution in [0, 0.1) is 13.8 Å². The Balaban J connectivity index is 1.37. The molecule has 0 radical (unpaired) electrons. The van der Waals surface area contributed by atoms with Crippen LogP contribution in [0.4, 0.5) is 4.39 Å². The van der Waals surface area contributed by atoms with Gasteiger partial charge in [0.1, 0.15) is 6.17 Å². The van der Waals surface area contributed by atoms with E-state index in [1.54, 1.807) is 30.9 Å². The van der Waals surface area contributed by atoms with Crippen molar-refractivity contribution >= 4 is 23.8 Å². The molecule has 194 valence electrons. The third kappa shape index (κ3) is 5.60. The van der Waals surface area contributed by atoms with E-state index in [2.05, 4.69) is 15.6 Å². The number of allylic oxidation sites excluding steroid dienone is 3. The summed E-state index contributed by atoms with van der Waals surface area (Å²) in [6.45, 7) is 4.79. The van der Waals surface area contributed by atoms with Gasteiger partial charge in [-0.05, 0) is 44.4 Å². The topological polar surface area (TPSA) is 135 Å². The standard InChI is InChI=1S/C26H33FN4O5/c1-14-22(12-20-19-9-16(27)5-6-21(19)30-25(20)35)29-15(2)24(14)26(36)28-13-18(33)10-17(32)11-23(34)31-7-3-4-8-31/h6,9,12,16-18,29,32-33H,3-5,7-8,10-11,13H2,1-2H3,(H,28,36)(H,30,35)/b20-12-/t16?,17-,18+/m1/s1. The molecule has 2 aliphatic heterocycles. The number of halogens is 1. The van der Waals surface area contributed by atoms with E-state index >= 15 is 0 Å². The van der Waals surface area contributed by atoms with Gasteiger partial charge in [-0.1, -0.05) is 6.08 Å². The van der Waals surface area contributed by atoms with Gasteiger partial charge in [-0.2, -0.15) is 0 Å². The number of hydrogen-bond acceptors (Lipinski definition) is 5. The monoisotopic (exact) mass is 500 g/mol. The van der Waals surface area contributed by atoms with Crippen molar-refractivity contribution in [2.75, 3.05) is 19.6 Å². The van der Waals surface area contributed by atoms with E-state index in [0.717, 1.165) is 12.8 Å². The van der Waals surface area contributed by atoms with E-state index in [-0.39, 0.29) is 37.6 Å². The quantitative estimate of drug-likeness (QED) is 0.345. The van der Waals surface area contributed by atoms with Crippen LogP contribution in [0.2, 0.25) is 0 Å². The number of nitrogens with one attached hydrogen (secondary N) is 3. The number of likely N-dealkylation sites (tertiary alicyclic amines) is 1. The van der Waals surface area contributed by atoms with Crippen LogP contribution in [0.3, 0.4) is 0 Å². The minimum Gasteiger partial charge on any atom is -0.392 e. The molecule has 0 saturated carbocycles. The Morgan fingerprint density at radius 3 is 2.69 bits per heavy atom. The number of alkyl halides is 1. The smallest absolute Gasteiger partial charge is 0.256 e. The minimum atomic E-state index is -1.16. The first-order valence-electron chi connectivity index (χ1n) is 12.3. The molecule has 36 heavy (non-hydrogen) atoms. The lowest BCUT2D eigenvalue weighted by Gasteiger charge is -2.20. The number of aromatic nitrogens is 1. The van der Waals surface area contributed by atoms with Gasteiger partial charge >= 0.3 is 0 Å². The second-order valence-electron chi connectivity index (χ2n) is 9.67. The number of aryl methyl sites for hydroxylation is 1.